The fraction of sp³-hybridized carbons (Fsp3) is 0. The van der Waals surface area contributed by atoms with Crippen molar-refractivity contribution in [1.29, 1.82) is 0 Å². The Kier molecular flexibility index (Phi) is 7.94. The molecule has 3 rings (SSSR count). The molecule has 138 valence electrons. The van der Waals surface area contributed by atoms with Crippen molar-refractivity contribution in [3.8, 4) is 0 Å². The second-order valence-electron chi connectivity index (χ2n) is 5.02. The highest BCUT2D eigenvalue weighted by Gasteiger charge is 2.07. The maximum absolute atomic E-state index is 10.8. The smallest absolute Gasteiger partial charge is 0.336 e. The van der Waals surface area contributed by atoms with Crippen LogP contribution in [0.25, 0.3) is 10.8 Å². The molecule has 0 saturated carbocycles. The lowest BCUT2D eigenvalue weighted by Crippen LogP contribution is -2.01. The van der Waals surface area contributed by atoms with E-state index in [2.05, 4.69) is 13.2 Å². The molecule has 6 nitrogen and oxygen atoms in total. The van der Waals surface area contributed by atoms with Crippen molar-refractivity contribution < 1.29 is 29.7 Å². The maximum Gasteiger partial charge on any atom is 0.336 e. The molecule has 0 bridgehead atoms. The second kappa shape index (κ2) is 10.1. The monoisotopic (exact) mass is 366 g/mol. The Morgan fingerprint density at radius 1 is 0.630 bits per heavy atom. The Hall–Kier alpha value is -3.93. The molecule has 0 aromatic heterocycles. The van der Waals surface area contributed by atoms with Crippen LogP contribution in [-0.2, 0) is 0 Å². The zero-order valence-electron chi connectivity index (χ0n) is 14.3. The van der Waals surface area contributed by atoms with E-state index in [1.54, 1.807) is 12.1 Å². The average molecular weight is 366 g/mol. The van der Waals surface area contributed by atoms with Crippen LogP contribution in [0, 0.1) is 0 Å². The number of carboxylic acids is 3. The van der Waals surface area contributed by atoms with Gasteiger partial charge < -0.3 is 15.3 Å². The summed E-state index contributed by atoms with van der Waals surface area (Å²) in [5.41, 5.74) is 0.322. The minimum atomic E-state index is -1.13. The predicted octanol–water partition coefficient (Wildman–Crippen LogP) is 4.42. The van der Waals surface area contributed by atoms with E-state index in [0.29, 0.717) is 5.56 Å². The fourth-order valence-electron chi connectivity index (χ4n) is 2.20. The van der Waals surface area contributed by atoms with Gasteiger partial charge in [-0.3, -0.25) is 0 Å². The van der Waals surface area contributed by atoms with Gasteiger partial charge in [-0.25, -0.2) is 14.4 Å². The summed E-state index contributed by atoms with van der Waals surface area (Å²) in [6.45, 7) is 6.00. The normalized spacial score (nSPS) is 9.19. The zero-order valence-corrected chi connectivity index (χ0v) is 14.3. The van der Waals surface area contributed by atoms with Gasteiger partial charge in [0.2, 0.25) is 0 Å². The van der Waals surface area contributed by atoms with Crippen LogP contribution in [0.15, 0.2) is 79.9 Å². The number of carboxylic acid groups (broad SMARTS) is 3. The Labute approximate surface area is 155 Å². The molecule has 3 N–H and O–H groups in total. The highest BCUT2D eigenvalue weighted by Crippen LogP contribution is 2.17. The maximum atomic E-state index is 10.8. The molecule has 0 unspecified atom stereocenters. The molecule has 6 heteroatoms. The van der Waals surface area contributed by atoms with Gasteiger partial charge >= 0.3 is 17.9 Å². The molecule has 0 fully saturated rings. The Morgan fingerprint density at radius 3 is 1.63 bits per heavy atom. The zero-order chi connectivity index (χ0) is 20.4. The number of carbonyl (C=O) groups is 3. The lowest BCUT2D eigenvalue weighted by atomic mass is 10.1. The van der Waals surface area contributed by atoms with Crippen molar-refractivity contribution in [1.82, 2.24) is 0 Å². The van der Waals surface area contributed by atoms with Gasteiger partial charge in [-0.05, 0) is 35.0 Å². The summed E-state index contributed by atoms with van der Waals surface area (Å²) in [5.74, 6) is -3.13. The van der Waals surface area contributed by atoms with Crippen LogP contribution < -0.4 is 0 Å². The third kappa shape index (κ3) is 5.82. The Morgan fingerprint density at radius 2 is 1.11 bits per heavy atom. The van der Waals surface area contributed by atoms with E-state index in [9.17, 15) is 14.4 Å². The van der Waals surface area contributed by atoms with Crippen LogP contribution in [0.3, 0.4) is 0 Å². The first-order chi connectivity index (χ1) is 12.9. The molecule has 0 aliphatic rings. The summed E-state index contributed by atoms with van der Waals surface area (Å²) in [6.07, 6.45) is 0. The highest BCUT2D eigenvalue weighted by molar-refractivity contribution is 6.03. The molecule has 0 amide bonds. The van der Waals surface area contributed by atoms with Gasteiger partial charge in [0.1, 0.15) is 0 Å². The van der Waals surface area contributed by atoms with Crippen LogP contribution in [0.5, 0.6) is 0 Å². The third-order valence-corrected chi connectivity index (χ3v) is 3.38. The number of fused-ring (bicyclic) bond motifs is 1. The van der Waals surface area contributed by atoms with Gasteiger partial charge in [-0.15, -0.1) is 13.2 Å². The van der Waals surface area contributed by atoms with Crippen LogP contribution in [0.4, 0.5) is 0 Å². The molecule has 3 aromatic rings. The van der Waals surface area contributed by atoms with Gasteiger partial charge in [0, 0.05) is 0 Å². The SMILES string of the molecule is C=C.O=C(O)c1cccc(C(=O)O)c1.O=C(O)c1cccc2ccccc12. The molecule has 0 radical (unpaired) electrons. The van der Waals surface area contributed by atoms with Crippen molar-refractivity contribution in [2.75, 3.05) is 0 Å². The number of hydrogen-bond donors (Lipinski definition) is 3. The van der Waals surface area contributed by atoms with Crippen molar-refractivity contribution in [3.63, 3.8) is 0 Å². The summed E-state index contributed by atoms with van der Waals surface area (Å²) in [4.78, 5) is 31.6. The minimum Gasteiger partial charge on any atom is -0.478 e. The first-order valence-electron chi connectivity index (χ1n) is 7.68. The van der Waals surface area contributed by atoms with E-state index in [1.807, 2.05) is 30.3 Å². The highest BCUT2D eigenvalue weighted by atomic mass is 16.4. The summed E-state index contributed by atoms with van der Waals surface area (Å²) in [6, 6.07) is 17.9. The minimum absolute atomic E-state index is 0.0186. The molecule has 27 heavy (non-hydrogen) atoms. The molecule has 0 saturated heterocycles. The average Bonchev–Trinajstić information content (AvgIpc) is 2.69. The molecule has 0 aliphatic heterocycles. The van der Waals surface area contributed by atoms with Crippen LogP contribution in [0.2, 0.25) is 0 Å². The molecule has 0 spiro atoms. The van der Waals surface area contributed by atoms with E-state index < -0.39 is 17.9 Å². The van der Waals surface area contributed by atoms with Crippen molar-refractivity contribution in [2.24, 2.45) is 0 Å². The third-order valence-electron chi connectivity index (χ3n) is 3.38. The van der Waals surface area contributed by atoms with Gasteiger partial charge in [0.05, 0.1) is 16.7 Å². The molecule has 0 aliphatic carbocycles. The summed E-state index contributed by atoms with van der Waals surface area (Å²) in [5, 5.41) is 27.6. The standard InChI is InChI=1S/C11H8O2.C8H6O4.C2H4/c12-11(13)10-7-3-5-8-4-1-2-6-9(8)10;9-7(10)5-2-1-3-6(4-5)8(11)12;1-2/h1-7H,(H,12,13);1-4H,(H,9,10)(H,11,12);1-2H2. The fourth-order valence-corrected chi connectivity index (χ4v) is 2.20. The lowest BCUT2D eigenvalue weighted by Gasteiger charge is -2.00. The van der Waals surface area contributed by atoms with Gasteiger partial charge in [0.15, 0.2) is 0 Å². The van der Waals surface area contributed by atoms with E-state index in [-0.39, 0.29) is 11.1 Å². The molecular weight excluding hydrogens is 348 g/mol. The molecule has 0 heterocycles. The first kappa shape index (κ1) is 21.1. The van der Waals surface area contributed by atoms with Crippen molar-refractivity contribution in [2.45, 2.75) is 0 Å². The topological polar surface area (TPSA) is 112 Å². The summed E-state index contributed by atoms with van der Waals surface area (Å²) >= 11 is 0. The Balaban J connectivity index is 0.000000248. The number of hydrogen-bond acceptors (Lipinski definition) is 3. The molecule has 3 aromatic carbocycles. The number of benzene rings is 3. The van der Waals surface area contributed by atoms with Crippen LogP contribution >= 0.6 is 0 Å². The van der Waals surface area contributed by atoms with Crippen molar-refractivity contribution >= 4 is 28.7 Å². The van der Waals surface area contributed by atoms with E-state index in [0.717, 1.165) is 16.8 Å². The quantitative estimate of drug-likeness (QED) is 0.592. The second-order valence-corrected chi connectivity index (χ2v) is 5.02. The molecule has 0 atom stereocenters. The Bertz CT molecular complexity index is 927. The summed E-state index contributed by atoms with van der Waals surface area (Å²) < 4.78 is 0. The number of rotatable bonds is 3. The first-order valence-corrected chi connectivity index (χ1v) is 7.68. The van der Waals surface area contributed by atoms with Crippen LogP contribution in [0.1, 0.15) is 31.1 Å². The van der Waals surface area contributed by atoms with E-state index >= 15 is 0 Å². The lowest BCUT2D eigenvalue weighted by molar-refractivity contribution is 0.0683. The predicted molar refractivity (Wildman–Crippen MR) is 103 cm³/mol. The van der Waals surface area contributed by atoms with Gasteiger partial charge in [-0.2, -0.15) is 0 Å². The van der Waals surface area contributed by atoms with E-state index in [4.69, 9.17) is 15.3 Å². The largest absolute Gasteiger partial charge is 0.478 e. The van der Waals surface area contributed by atoms with E-state index in [1.165, 1.54) is 18.2 Å². The summed E-state index contributed by atoms with van der Waals surface area (Å²) in [7, 11) is 0. The number of aromatic carboxylic acids is 3. The van der Waals surface area contributed by atoms with Crippen LogP contribution in [-0.4, -0.2) is 33.2 Å². The van der Waals surface area contributed by atoms with Gasteiger partial charge in [0.25, 0.3) is 0 Å². The molecular formula is C21H18O6. The van der Waals surface area contributed by atoms with Crippen molar-refractivity contribution in [3.05, 3.63) is 96.6 Å². The van der Waals surface area contributed by atoms with Gasteiger partial charge in [-0.1, -0.05) is 42.5 Å².